The molecule has 0 saturated heterocycles. The molecule has 1 heterocycles. The van der Waals surface area contributed by atoms with Gasteiger partial charge in [0.05, 0.1) is 17.9 Å². The Labute approximate surface area is 133 Å². The Morgan fingerprint density at radius 2 is 1.90 bits per heavy atom. The zero-order valence-corrected chi connectivity index (χ0v) is 13.5. The van der Waals surface area contributed by atoms with Crippen LogP contribution in [0.5, 0.6) is 0 Å². The van der Waals surface area contributed by atoms with E-state index in [0.29, 0.717) is 10.2 Å². The van der Waals surface area contributed by atoms with Crippen LogP contribution in [0.2, 0.25) is 0 Å². The van der Waals surface area contributed by atoms with E-state index in [1.54, 1.807) is 23.9 Å². The first-order valence-electron chi connectivity index (χ1n) is 6.07. The summed E-state index contributed by atoms with van der Waals surface area (Å²) in [6.07, 6.45) is -2.45. The maximum Gasteiger partial charge on any atom is 0.418 e. The van der Waals surface area contributed by atoms with Gasteiger partial charge in [0.2, 0.25) is 0 Å². The van der Waals surface area contributed by atoms with E-state index in [-0.39, 0.29) is 12.2 Å². The third kappa shape index (κ3) is 4.44. The first-order valence-corrected chi connectivity index (χ1v) is 8.26. The van der Waals surface area contributed by atoms with Crippen molar-refractivity contribution in [3.05, 3.63) is 51.9 Å². The van der Waals surface area contributed by atoms with Crippen LogP contribution in [0.15, 0.2) is 39.2 Å². The number of alkyl halides is 3. The van der Waals surface area contributed by atoms with Crippen molar-refractivity contribution in [2.24, 2.45) is 0 Å². The van der Waals surface area contributed by atoms with Crippen LogP contribution in [0.3, 0.4) is 0 Å². The fourth-order valence-electron chi connectivity index (χ4n) is 1.82. The Bertz CT molecular complexity index is 613. The maximum absolute atomic E-state index is 13.0. The molecule has 0 fully saturated rings. The predicted octanol–water partition coefficient (Wildman–Crippen LogP) is 5.54. The lowest BCUT2D eigenvalue weighted by Crippen LogP contribution is -2.10. The van der Waals surface area contributed by atoms with Crippen LogP contribution in [-0.4, -0.2) is 6.26 Å². The molecule has 2 nitrogen and oxygen atoms in total. The van der Waals surface area contributed by atoms with Gasteiger partial charge in [-0.25, -0.2) is 0 Å². The highest BCUT2D eigenvalue weighted by Crippen LogP contribution is 2.36. The molecule has 1 N–H and O–H groups in total. The zero-order valence-electron chi connectivity index (χ0n) is 11.1. The number of halogens is 4. The van der Waals surface area contributed by atoms with E-state index in [1.165, 1.54) is 6.07 Å². The van der Waals surface area contributed by atoms with Crippen molar-refractivity contribution in [1.82, 2.24) is 0 Å². The average Bonchev–Trinajstić information content (AvgIpc) is 2.84. The molecule has 0 bridgehead atoms. The summed E-state index contributed by atoms with van der Waals surface area (Å²) in [5, 5.41) is 2.78. The molecule has 0 atom stereocenters. The zero-order chi connectivity index (χ0) is 15.5. The lowest BCUT2D eigenvalue weighted by molar-refractivity contribution is -0.137. The molecule has 7 heteroatoms. The van der Waals surface area contributed by atoms with E-state index in [2.05, 4.69) is 21.2 Å². The first kappa shape index (κ1) is 16.3. The summed E-state index contributed by atoms with van der Waals surface area (Å²) in [5.74, 6) is 2.16. The third-order valence-corrected chi connectivity index (χ3v) is 3.81. The highest BCUT2D eigenvalue weighted by Gasteiger charge is 2.33. The molecule has 1 aromatic carbocycles. The van der Waals surface area contributed by atoms with Gasteiger partial charge in [-0.15, -0.1) is 0 Å². The van der Waals surface area contributed by atoms with E-state index in [1.807, 2.05) is 12.3 Å². The Morgan fingerprint density at radius 1 is 1.19 bits per heavy atom. The summed E-state index contributed by atoms with van der Waals surface area (Å²) in [6, 6.07) is 7.63. The van der Waals surface area contributed by atoms with Crippen molar-refractivity contribution in [3.63, 3.8) is 0 Å². The SMILES string of the molecule is CSCc1ccc(CNc2ccc(Br)cc2C(F)(F)F)o1. The fourth-order valence-corrected chi connectivity index (χ4v) is 2.63. The first-order chi connectivity index (χ1) is 9.90. The summed E-state index contributed by atoms with van der Waals surface area (Å²) >= 11 is 4.68. The molecule has 0 unspecified atom stereocenters. The predicted molar refractivity (Wildman–Crippen MR) is 82.4 cm³/mol. The second-order valence-corrected chi connectivity index (χ2v) is 6.12. The van der Waals surface area contributed by atoms with E-state index in [4.69, 9.17) is 4.42 Å². The molecule has 0 saturated carbocycles. The van der Waals surface area contributed by atoms with Crippen LogP contribution < -0.4 is 5.32 Å². The second kappa shape index (κ2) is 6.79. The molecule has 114 valence electrons. The lowest BCUT2D eigenvalue weighted by Gasteiger charge is -2.14. The molecular formula is C14H13BrF3NOS. The summed E-state index contributed by atoms with van der Waals surface area (Å²) in [4.78, 5) is 0. The highest BCUT2D eigenvalue weighted by atomic mass is 79.9. The minimum atomic E-state index is -4.40. The van der Waals surface area contributed by atoms with Crippen LogP contribution in [0.25, 0.3) is 0 Å². The average molecular weight is 380 g/mol. The molecule has 0 aliphatic carbocycles. The summed E-state index contributed by atoms with van der Waals surface area (Å²) in [5.41, 5.74) is -0.665. The topological polar surface area (TPSA) is 25.2 Å². The summed E-state index contributed by atoms with van der Waals surface area (Å²) in [7, 11) is 0. The van der Waals surface area contributed by atoms with Crippen molar-refractivity contribution >= 4 is 33.4 Å². The smallest absolute Gasteiger partial charge is 0.418 e. The molecule has 0 radical (unpaired) electrons. The third-order valence-electron chi connectivity index (χ3n) is 2.74. The van der Waals surface area contributed by atoms with Crippen molar-refractivity contribution in [2.45, 2.75) is 18.5 Å². The Balaban J connectivity index is 2.12. The Kier molecular flexibility index (Phi) is 5.27. The van der Waals surface area contributed by atoms with Crippen molar-refractivity contribution in [3.8, 4) is 0 Å². The molecule has 1 aromatic heterocycles. The van der Waals surface area contributed by atoms with Gasteiger partial charge in [0.15, 0.2) is 0 Å². The van der Waals surface area contributed by atoms with Crippen molar-refractivity contribution < 1.29 is 17.6 Å². The van der Waals surface area contributed by atoms with E-state index >= 15 is 0 Å². The molecule has 0 spiro atoms. The van der Waals surface area contributed by atoms with Crippen molar-refractivity contribution in [1.29, 1.82) is 0 Å². The maximum atomic E-state index is 13.0. The summed E-state index contributed by atoms with van der Waals surface area (Å²) in [6.45, 7) is 0.207. The van der Waals surface area contributed by atoms with Crippen molar-refractivity contribution in [2.75, 3.05) is 11.6 Å². The molecule has 21 heavy (non-hydrogen) atoms. The molecule has 0 aliphatic rings. The number of thioether (sulfide) groups is 1. The van der Waals surface area contributed by atoms with E-state index in [9.17, 15) is 13.2 Å². The monoisotopic (exact) mass is 379 g/mol. The number of nitrogens with one attached hydrogen (secondary N) is 1. The molecule has 2 rings (SSSR count). The molecule has 2 aromatic rings. The molecule has 0 aliphatic heterocycles. The van der Waals surface area contributed by atoms with Crippen LogP contribution >= 0.6 is 27.7 Å². The van der Waals surface area contributed by atoms with Gasteiger partial charge in [-0.05, 0) is 36.6 Å². The van der Waals surface area contributed by atoms with Crippen LogP contribution in [0.1, 0.15) is 17.1 Å². The molecular weight excluding hydrogens is 367 g/mol. The van der Waals surface area contributed by atoms with Gasteiger partial charge in [0.1, 0.15) is 11.5 Å². The largest absolute Gasteiger partial charge is 0.463 e. The van der Waals surface area contributed by atoms with E-state index in [0.717, 1.165) is 17.6 Å². The number of benzene rings is 1. The fraction of sp³-hybridized carbons (Fsp3) is 0.286. The van der Waals surface area contributed by atoms with Gasteiger partial charge in [-0.3, -0.25) is 0 Å². The molecule has 0 amide bonds. The summed E-state index contributed by atoms with van der Waals surface area (Å²) < 4.78 is 44.8. The number of anilines is 1. The Hall–Kier alpha value is -1.08. The standard InChI is InChI=1S/C14H13BrF3NOS/c1-21-8-11-4-3-10(20-11)7-19-13-5-2-9(15)6-12(13)14(16,17)18/h2-6,19H,7-8H2,1H3. The van der Waals surface area contributed by atoms with Crippen LogP contribution in [-0.2, 0) is 18.5 Å². The van der Waals surface area contributed by atoms with Crippen LogP contribution in [0, 0.1) is 0 Å². The van der Waals surface area contributed by atoms with E-state index < -0.39 is 11.7 Å². The van der Waals surface area contributed by atoms with Gasteiger partial charge in [0, 0.05) is 10.2 Å². The highest BCUT2D eigenvalue weighted by molar-refractivity contribution is 9.10. The van der Waals surface area contributed by atoms with Crippen LogP contribution in [0.4, 0.5) is 18.9 Å². The number of hydrogen-bond donors (Lipinski definition) is 1. The normalized spacial score (nSPS) is 11.7. The van der Waals surface area contributed by atoms with Gasteiger partial charge < -0.3 is 9.73 Å². The number of furan rings is 1. The van der Waals surface area contributed by atoms with Gasteiger partial charge >= 0.3 is 6.18 Å². The number of rotatable bonds is 5. The second-order valence-electron chi connectivity index (χ2n) is 4.34. The van der Waals surface area contributed by atoms with Gasteiger partial charge in [-0.2, -0.15) is 24.9 Å². The minimum Gasteiger partial charge on any atom is -0.463 e. The van der Waals surface area contributed by atoms with Gasteiger partial charge in [0.25, 0.3) is 0 Å². The minimum absolute atomic E-state index is 0.0357. The quantitative estimate of drug-likeness (QED) is 0.738. The Morgan fingerprint density at radius 3 is 2.57 bits per heavy atom. The van der Waals surface area contributed by atoms with Gasteiger partial charge in [-0.1, -0.05) is 15.9 Å². The lowest BCUT2D eigenvalue weighted by atomic mass is 10.1. The number of hydrogen-bond acceptors (Lipinski definition) is 3.